The van der Waals surface area contributed by atoms with E-state index in [4.69, 9.17) is 4.74 Å². The maximum atomic E-state index is 11.7. The summed E-state index contributed by atoms with van der Waals surface area (Å²) in [5, 5.41) is 9.40. The number of carbonyl (C=O) groups is 1. The summed E-state index contributed by atoms with van der Waals surface area (Å²) in [7, 11) is 1.79. The van der Waals surface area contributed by atoms with Crippen molar-refractivity contribution in [1.29, 1.82) is 0 Å². The van der Waals surface area contributed by atoms with E-state index in [0.29, 0.717) is 0 Å². The van der Waals surface area contributed by atoms with Gasteiger partial charge in [-0.3, -0.25) is 10.3 Å². The quantitative estimate of drug-likeness (QED) is 0.334. The molecule has 0 aromatic heterocycles. The summed E-state index contributed by atoms with van der Waals surface area (Å²) in [6, 6.07) is 7.79. The highest BCUT2D eigenvalue weighted by molar-refractivity contribution is 14.0. The topological polar surface area (TPSA) is 74.8 Å². The van der Waals surface area contributed by atoms with Crippen molar-refractivity contribution >= 4 is 41.7 Å². The van der Waals surface area contributed by atoms with Gasteiger partial charge in [-0.15, -0.1) is 24.0 Å². The molecular weight excluding hydrogens is 443 g/mol. The molecule has 1 aliphatic carbocycles. The van der Waals surface area contributed by atoms with Crippen LogP contribution < -0.4 is 16.0 Å². The predicted molar refractivity (Wildman–Crippen MR) is 118 cm³/mol. The second kappa shape index (κ2) is 10.6. The van der Waals surface area contributed by atoms with E-state index in [9.17, 15) is 4.79 Å². The molecule has 0 atom stereocenters. The van der Waals surface area contributed by atoms with Gasteiger partial charge < -0.3 is 15.4 Å². The van der Waals surface area contributed by atoms with Crippen molar-refractivity contribution in [3.8, 4) is 0 Å². The van der Waals surface area contributed by atoms with Crippen LogP contribution in [0, 0.1) is 5.92 Å². The molecule has 0 aliphatic heterocycles. The lowest BCUT2D eigenvalue weighted by Crippen LogP contribution is -2.39. The number of halogens is 1. The number of guanidine groups is 1. The van der Waals surface area contributed by atoms with Crippen molar-refractivity contribution in [2.45, 2.75) is 45.6 Å². The highest BCUT2D eigenvalue weighted by atomic mass is 127. The molecule has 0 bridgehead atoms. The Kier molecular flexibility index (Phi) is 9.18. The Hall–Kier alpha value is -1.51. The molecule has 0 unspecified atom stereocenters. The fraction of sp³-hybridized carbons (Fsp3) is 0.579. The Morgan fingerprint density at radius 1 is 1.19 bits per heavy atom. The Balaban J connectivity index is 0.00000338. The third kappa shape index (κ3) is 9.26. The summed E-state index contributed by atoms with van der Waals surface area (Å²) in [4.78, 5) is 16.0. The van der Waals surface area contributed by atoms with Crippen LogP contribution in [-0.2, 0) is 11.2 Å². The molecular formula is C19H31IN4O2. The number of hydrogen-bond donors (Lipinski definition) is 3. The van der Waals surface area contributed by atoms with Crippen LogP contribution in [-0.4, -0.2) is 37.8 Å². The Bertz CT molecular complexity index is 593. The largest absolute Gasteiger partial charge is 0.444 e. The van der Waals surface area contributed by atoms with Gasteiger partial charge in [0.25, 0.3) is 0 Å². The van der Waals surface area contributed by atoms with E-state index in [-0.39, 0.29) is 24.0 Å². The Morgan fingerprint density at radius 3 is 2.38 bits per heavy atom. The van der Waals surface area contributed by atoms with E-state index < -0.39 is 11.7 Å². The number of nitrogens with one attached hydrogen (secondary N) is 3. The van der Waals surface area contributed by atoms with E-state index >= 15 is 0 Å². The number of benzene rings is 1. The average molecular weight is 474 g/mol. The smallest absolute Gasteiger partial charge is 0.412 e. The number of nitrogens with zero attached hydrogens (tertiary/aromatic N) is 1. The first-order chi connectivity index (χ1) is 11.9. The summed E-state index contributed by atoms with van der Waals surface area (Å²) < 4.78 is 5.24. The summed E-state index contributed by atoms with van der Waals surface area (Å²) in [6.45, 7) is 7.34. The minimum Gasteiger partial charge on any atom is -0.444 e. The molecule has 0 radical (unpaired) electrons. The van der Waals surface area contributed by atoms with Gasteiger partial charge in [0.15, 0.2) is 5.96 Å². The highest BCUT2D eigenvalue weighted by Gasteiger charge is 2.21. The van der Waals surface area contributed by atoms with Gasteiger partial charge in [-0.25, -0.2) is 4.79 Å². The number of hydrogen-bond acceptors (Lipinski definition) is 3. The maximum absolute atomic E-state index is 11.7. The molecule has 1 aromatic carbocycles. The van der Waals surface area contributed by atoms with E-state index in [1.54, 1.807) is 7.05 Å². The minimum absolute atomic E-state index is 0. The monoisotopic (exact) mass is 474 g/mol. The van der Waals surface area contributed by atoms with Gasteiger partial charge in [0.05, 0.1) is 0 Å². The second-order valence-corrected chi connectivity index (χ2v) is 7.40. The molecule has 0 spiro atoms. The molecule has 2 rings (SSSR count). The van der Waals surface area contributed by atoms with Crippen molar-refractivity contribution < 1.29 is 9.53 Å². The molecule has 6 nitrogen and oxygen atoms in total. The lowest BCUT2D eigenvalue weighted by Gasteiger charge is -2.19. The van der Waals surface area contributed by atoms with Gasteiger partial charge in [0, 0.05) is 25.8 Å². The number of amides is 1. The summed E-state index contributed by atoms with van der Waals surface area (Å²) >= 11 is 0. The molecule has 26 heavy (non-hydrogen) atoms. The number of anilines is 1. The lowest BCUT2D eigenvalue weighted by molar-refractivity contribution is 0.0636. The standard InChI is InChI=1S/C19H30N4O2.HI/c1-19(2,3)25-18(24)23-16-9-7-14(8-10-16)11-12-21-17(20-4)22-13-15-5-6-15;/h7-10,15H,5-6,11-13H2,1-4H3,(H,23,24)(H2,20,21,22);1H. The number of aliphatic imine (C=N–C) groups is 1. The van der Waals surface area contributed by atoms with Crippen molar-refractivity contribution in [3.05, 3.63) is 29.8 Å². The predicted octanol–water partition coefficient (Wildman–Crippen LogP) is 3.77. The van der Waals surface area contributed by atoms with Crippen molar-refractivity contribution in [2.75, 3.05) is 25.5 Å². The normalized spacial score (nSPS) is 14.2. The van der Waals surface area contributed by atoms with Crippen molar-refractivity contribution in [2.24, 2.45) is 10.9 Å². The first-order valence-corrected chi connectivity index (χ1v) is 8.89. The number of rotatable bonds is 6. The minimum atomic E-state index is -0.498. The van der Waals surface area contributed by atoms with Gasteiger partial charge >= 0.3 is 6.09 Å². The highest BCUT2D eigenvalue weighted by Crippen LogP contribution is 2.27. The first kappa shape index (κ1) is 22.5. The van der Waals surface area contributed by atoms with Crippen LogP contribution in [0.2, 0.25) is 0 Å². The zero-order chi connectivity index (χ0) is 18.3. The van der Waals surface area contributed by atoms with Crippen molar-refractivity contribution in [1.82, 2.24) is 10.6 Å². The third-order valence-electron chi connectivity index (χ3n) is 3.78. The maximum Gasteiger partial charge on any atom is 0.412 e. The van der Waals surface area contributed by atoms with Crippen LogP contribution in [0.3, 0.4) is 0 Å². The second-order valence-electron chi connectivity index (χ2n) is 7.40. The van der Waals surface area contributed by atoms with Crippen LogP contribution in [0.5, 0.6) is 0 Å². The van der Waals surface area contributed by atoms with Crippen molar-refractivity contribution in [3.63, 3.8) is 0 Å². The van der Waals surface area contributed by atoms with E-state index in [0.717, 1.165) is 37.1 Å². The number of ether oxygens (including phenoxy) is 1. The van der Waals surface area contributed by atoms with Gasteiger partial charge in [-0.2, -0.15) is 0 Å². The van der Waals surface area contributed by atoms with E-state index in [1.807, 2.05) is 45.0 Å². The van der Waals surface area contributed by atoms with Gasteiger partial charge in [-0.1, -0.05) is 12.1 Å². The summed E-state index contributed by atoms with van der Waals surface area (Å²) in [5.41, 5.74) is 1.43. The fourth-order valence-corrected chi connectivity index (χ4v) is 2.29. The van der Waals surface area contributed by atoms with Crippen LogP contribution in [0.15, 0.2) is 29.3 Å². The molecule has 7 heteroatoms. The van der Waals surface area contributed by atoms with E-state index in [2.05, 4.69) is 20.9 Å². The molecule has 0 heterocycles. The summed E-state index contributed by atoms with van der Waals surface area (Å²) in [6.07, 6.45) is 3.10. The van der Waals surface area contributed by atoms with Crippen LogP contribution in [0.25, 0.3) is 0 Å². The lowest BCUT2D eigenvalue weighted by atomic mass is 10.1. The molecule has 1 aliphatic rings. The number of carbonyl (C=O) groups excluding carboxylic acids is 1. The molecule has 146 valence electrons. The van der Waals surface area contributed by atoms with Gasteiger partial charge in [-0.05, 0) is 63.6 Å². The van der Waals surface area contributed by atoms with Gasteiger partial charge in [0.1, 0.15) is 5.60 Å². The summed E-state index contributed by atoms with van der Waals surface area (Å²) in [5.74, 6) is 1.68. The molecule has 0 saturated heterocycles. The van der Waals surface area contributed by atoms with Gasteiger partial charge in [0.2, 0.25) is 0 Å². The molecule has 1 fully saturated rings. The van der Waals surface area contributed by atoms with Crippen LogP contribution in [0.1, 0.15) is 39.2 Å². The molecule has 3 N–H and O–H groups in total. The molecule has 1 aromatic rings. The zero-order valence-corrected chi connectivity index (χ0v) is 18.4. The molecule has 1 saturated carbocycles. The fourth-order valence-electron chi connectivity index (χ4n) is 2.29. The third-order valence-corrected chi connectivity index (χ3v) is 3.78. The Labute approximate surface area is 173 Å². The first-order valence-electron chi connectivity index (χ1n) is 8.89. The molecule has 1 amide bonds. The van der Waals surface area contributed by atoms with Crippen LogP contribution in [0.4, 0.5) is 10.5 Å². The Morgan fingerprint density at radius 2 is 1.85 bits per heavy atom. The van der Waals surface area contributed by atoms with E-state index in [1.165, 1.54) is 18.4 Å². The zero-order valence-electron chi connectivity index (χ0n) is 16.1. The SMILES string of the molecule is CN=C(NCCc1ccc(NC(=O)OC(C)(C)C)cc1)NCC1CC1.I. The average Bonchev–Trinajstić information content (AvgIpc) is 3.34. The van der Waals surface area contributed by atoms with Crippen LogP contribution >= 0.6 is 24.0 Å².